The Morgan fingerprint density at radius 2 is 2.38 bits per heavy atom. The number of allylic oxidation sites excluding steroid dienone is 1. The maximum atomic E-state index is 3.74. The first-order valence-electron chi connectivity index (χ1n) is 6.65. The Kier molecular flexibility index (Phi) is 4.37. The highest BCUT2D eigenvalue weighted by molar-refractivity contribution is 7.99. The maximum absolute atomic E-state index is 3.74. The minimum atomic E-state index is 0.535. The maximum Gasteiger partial charge on any atom is 0.0163 e. The summed E-state index contributed by atoms with van der Waals surface area (Å²) < 4.78 is 0. The molecule has 0 spiro atoms. The summed E-state index contributed by atoms with van der Waals surface area (Å²) in [7, 11) is 0. The largest absolute Gasteiger partial charge is 0.313 e. The van der Waals surface area contributed by atoms with Gasteiger partial charge in [0.1, 0.15) is 0 Å². The van der Waals surface area contributed by atoms with E-state index < -0.39 is 0 Å². The van der Waals surface area contributed by atoms with E-state index in [1.807, 2.05) is 0 Å². The summed E-state index contributed by atoms with van der Waals surface area (Å²) in [5, 5.41) is 3.74. The van der Waals surface area contributed by atoms with Crippen LogP contribution in [0.5, 0.6) is 0 Å². The molecule has 0 aromatic rings. The van der Waals surface area contributed by atoms with Gasteiger partial charge in [-0.3, -0.25) is 0 Å². The molecule has 1 heterocycles. The fourth-order valence-corrected chi connectivity index (χ4v) is 4.10. The molecule has 2 rings (SSSR count). The molecule has 16 heavy (non-hydrogen) atoms. The van der Waals surface area contributed by atoms with Crippen molar-refractivity contribution >= 4 is 11.8 Å². The minimum Gasteiger partial charge on any atom is -0.313 e. The molecule has 0 saturated carbocycles. The first-order valence-corrected chi connectivity index (χ1v) is 7.80. The quantitative estimate of drug-likeness (QED) is 0.752. The van der Waals surface area contributed by atoms with E-state index in [2.05, 4.69) is 37.0 Å². The minimum absolute atomic E-state index is 0.535. The van der Waals surface area contributed by atoms with E-state index in [4.69, 9.17) is 0 Å². The Hall–Kier alpha value is 0.0500. The van der Waals surface area contributed by atoms with Crippen molar-refractivity contribution in [2.45, 2.75) is 52.0 Å². The van der Waals surface area contributed by atoms with Gasteiger partial charge in [0.25, 0.3) is 0 Å². The Bertz CT molecular complexity index is 257. The van der Waals surface area contributed by atoms with Gasteiger partial charge in [0.05, 0.1) is 0 Å². The Morgan fingerprint density at radius 1 is 1.50 bits per heavy atom. The second kappa shape index (κ2) is 5.59. The van der Waals surface area contributed by atoms with Gasteiger partial charge in [-0.05, 0) is 49.8 Å². The van der Waals surface area contributed by atoms with Gasteiger partial charge >= 0.3 is 0 Å². The summed E-state index contributed by atoms with van der Waals surface area (Å²) in [5.74, 6) is 2.64. The van der Waals surface area contributed by atoms with Crippen molar-refractivity contribution in [1.29, 1.82) is 0 Å². The predicted octanol–water partition coefficient (Wildman–Crippen LogP) is 3.61. The molecule has 2 aliphatic rings. The third-order valence-electron chi connectivity index (χ3n) is 3.62. The zero-order valence-electron chi connectivity index (χ0n) is 10.7. The molecule has 1 saturated heterocycles. The van der Waals surface area contributed by atoms with Crippen LogP contribution in [0.2, 0.25) is 0 Å². The normalized spacial score (nSPS) is 29.1. The van der Waals surface area contributed by atoms with Crippen molar-refractivity contribution < 1.29 is 0 Å². The lowest BCUT2D eigenvalue weighted by Crippen LogP contribution is -2.40. The van der Waals surface area contributed by atoms with Crippen LogP contribution in [0.25, 0.3) is 0 Å². The van der Waals surface area contributed by atoms with E-state index in [0.717, 1.165) is 6.04 Å². The molecule has 1 aliphatic carbocycles. The second-order valence-corrected chi connectivity index (χ2v) is 7.07. The summed E-state index contributed by atoms with van der Waals surface area (Å²) in [6, 6.07) is 0.746. The van der Waals surface area contributed by atoms with Gasteiger partial charge in [-0.25, -0.2) is 0 Å². The highest BCUT2D eigenvalue weighted by atomic mass is 32.2. The average Bonchev–Trinajstić information content (AvgIpc) is 2.69. The molecule has 0 aromatic heterocycles. The molecule has 2 heteroatoms. The van der Waals surface area contributed by atoms with Crippen LogP contribution in [0.15, 0.2) is 11.6 Å². The number of rotatable bonds is 4. The van der Waals surface area contributed by atoms with E-state index in [-0.39, 0.29) is 0 Å². The highest BCUT2D eigenvalue weighted by Crippen LogP contribution is 2.33. The van der Waals surface area contributed by atoms with E-state index in [1.165, 1.54) is 50.2 Å². The van der Waals surface area contributed by atoms with E-state index in [9.17, 15) is 0 Å². The van der Waals surface area contributed by atoms with Crippen LogP contribution in [0.4, 0.5) is 0 Å². The van der Waals surface area contributed by atoms with Crippen LogP contribution in [-0.2, 0) is 0 Å². The van der Waals surface area contributed by atoms with Crippen molar-refractivity contribution in [3.8, 4) is 0 Å². The molecule has 1 fully saturated rings. The number of hydrogen-bond donors (Lipinski definition) is 1. The summed E-state index contributed by atoms with van der Waals surface area (Å²) in [5.41, 5.74) is 2.22. The van der Waals surface area contributed by atoms with Crippen LogP contribution in [0, 0.1) is 5.41 Å². The highest BCUT2D eigenvalue weighted by Gasteiger charge is 2.27. The van der Waals surface area contributed by atoms with Gasteiger partial charge in [0.2, 0.25) is 0 Å². The summed E-state index contributed by atoms with van der Waals surface area (Å²) in [4.78, 5) is 0. The lowest BCUT2D eigenvalue weighted by atomic mass is 9.88. The lowest BCUT2D eigenvalue weighted by molar-refractivity contribution is 0.319. The molecule has 1 N–H and O–H groups in total. The molecule has 0 amide bonds. The molecule has 92 valence electrons. The standard InChI is InChI=1S/C14H25NS/c1-14(2)9-13(10-16-11-14)15-8-7-12-5-3-4-6-12/h5,13,15H,3-4,6-11H2,1-2H3. The van der Waals surface area contributed by atoms with Gasteiger partial charge < -0.3 is 5.32 Å². The first kappa shape index (κ1) is 12.5. The lowest BCUT2D eigenvalue weighted by Gasteiger charge is -2.35. The molecular formula is C14H25NS. The van der Waals surface area contributed by atoms with Crippen LogP contribution < -0.4 is 5.32 Å². The fourth-order valence-electron chi connectivity index (χ4n) is 2.79. The zero-order chi connectivity index (χ0) is 11.4. The third-order valence-corrected chi connectivity index (χ3v) is 5.25. The van der Waals surface area contributed by atoms with Crippen molar-refractivity contribution in [3.05, 3.63) is 11.6 Å². The van der Waals surface area contributed by atoms with E-state index in [0.29, 0.717) is 5.41 Å². The SMILES string of the molecule is CC1(C)CSCC(NCCC2=CCCC2)C1. The van der Waals surface area contributed by atoms with Gasteiger partial charge in [-0.2, -0.15) is 11.8 Å². The molecule has 1 aliphatic heterocycles. The van der Waals surface area contributed by atoms with Crippen LogP contribution in [0.1, 0.15) is 46.0 Å². The van der Waals surface area contributed by atoms with Crippen molar-refractivity contribution in [1.82, 2.24) is 5.32 Å². The Balaban J connectivity index is 1.65. The Labute approximate surface area is 104 Å². The molecular weight excluding hydrogens is 214 g/mol. The smallest absolute Gasteiger partial charge is 0.0163 e. The van der Waals surface area contributed by atoms with Crippen LogP contribution >= 0.6 is 11.8 Å². The van der Waals surface area contributed by atoms with E-state index in [1.54, 1.807) is 5.57 Å². The number of nitrogens with one attached hydrogen (secondary N) is 1. The number of thioether (sulfide) groups is 1. The van der Waals surface area contributed by atoms with Crippen molar-refractivity contribution in [2.75, 3.05) is 18.1 Å². The predicted molar refractivity (Wildman–Crippen MR) is 74.1 cm³/mol. The molecule has 1 atom stereocenters. The number of hydrogen-bond acceptors (Lipinski definition) is 2. The van der Waals surface area contributed by atoms with Crippen molar-refractivity contribution in [2.24, 2.45) is 5.41 Å². The molecule has 0 aromatic carbocycles. The summed E-state index contributed by atoms with van der Waals surface area (Å²) >= 11 is 2.12. The molecule has 0 radical (unpaired) electrons. The van der Waals surface area contributed by atoms with Gasteiger partial charge in [-0.15, -0.1) is 0 Å². The molecule has 1 nitrogen and oxygen atoms in total. The third kappa shape index (κ3) is 3.81. The topological polar surface area (TPSA) is 12.0 Å². The van der Waals surface area contributed by atoms with E-state index >= 15 is 0 Å². The average molecular weight is 239 g/mol. The zero-order valence-corrected chi connectivity index (χ0v) is 11.5. The molecule has 0 bridgehead atoms. The van der Waals surface area contributed by atoms with Gasteiger partial charge in [0.15, 0.2) is 0 Å². The summed E-state index contributed by atoms with van der Waals surface area (Å²) in [6.07, 6.45) is 9.14. The summed E-state index contributed by atoms with van der Waals surface area (Å²) in [6.45, 7) is 5.98. The van der Waals surface area contributed by atoms with Gasteiger partial charge in [0, 0.05) is 11.8 Å². The first-order chi connectivity index (χ1) is 7.66. The fraction of sp³-hybridized carbons (Fsp3) is 0.857. The van der Waals surface area contributed by atoms with Crippen LogP contribution in [-0.4, -0.2) is 24.1 Å². The Morgan fingerprint density at radius 3 is 3.06 bits per heavy atom. The van der Waals surface area contributed by atoms with Crippen LogP contribution in [0.3, 0.4) is 0 Å². The monoisotopic (exact) mass is 239 g/mol. The van der Waals surface area contributed by atoms with Crippen molar-refractivity contribution in [3.63, 3.8) is 0 Å². The van der Waals surface area contributed by atoms with Gasteiger partial charge in [-0.1, -0.05) is 25.5 Å². The molecule has 1 unspecified atom stereocenters. The second-order valence-electron chi connectivity index (χ2n) is 6.04.